The first kappa shape index (κ1) is 17.6. The van der Waals surface area contributed by atoms with Crippen LogP contribution in [0.2, 0.25) is 0 Å². The van der Waals surface area contributed by atoms with Crippen molar-refractivity contribution < 1.29 is 14.8 Å². The van der Waals surface area contributed by atoms with Crippen molar-refractivity contribution in [3.05, 3.63) is 57.9 Å². The van der Waals surface area contributed by atoms with E-state index in [4.69, 9.17) is 9.73 Å². The molecule has 0 radical (unpaired) electrons. The normalized spacial score (nSPS) is 23.9. The number of phenols is 1. The second kappa shape index (κ2) is 6.73. The average Bonchev–Trinajstić information content (AvgIpc) is 3.18. The minimum Gasteiger partial charge on any atom is -0.500 e. The number of nitrogens with zero attached hydrogens (tertiary/aromatic N) is 4. The van der Waals surface area contributed by atoms with Crippen LogP contribution in [-0.4, -0.2) is 44.0 Å². The highest BCUT2D eigenvalue weighted by Gasteiger charge is 2.44. The molecule has 2 aliphatic heterocycles. The molecule has 3 unspecified atom stereocenters. The van der Waals surface area contributed by atoms with Crippen LogP contribution in [0.4, 0.5) is 5.69 Å². The molecule has 2 aliphatic rings. The summed E-state index contributed by atoms with van der Waals surface area (Å²) in [6, 6.07) is 8.17. The zero-order valence-electron chi connectivity index (χ0n) is 14.8. The average molecular weight is 386 g/mol. The molecular formula is C18H18N4O4S. The molecule has 0 amide bonds. The van der Waals surface area contributed by atoms with Crippen molar-refractivity contribution >= 4 is 22.6 Å². The number of ether oxygens (including phenoxy) is 1. The van der Waals surface area contributed by atoms with Gasteiger partial charge in [0.05, 0.1) is 23.8 Å². The summed E-state index contributed by atoms with van der Waals surface area (Å²) in [6.45, 7) is 2.91. The van der Waals surface area contributed by atoms with Gasteiger partial charge in [0.2, 0.25) is 5.75 Å². The van der Waals surface area contributed by atoms with E-state index in [1.807, 2.05) is 18.2 Å². The number of benzene rings is 1. The third-order valence-electron chi connectivity index (χ3n) is 4.72. The maximum absolute atomic E-state index is 11.4. The lowest BCUT2D eigenvalue weighted by Gasteiger charge is -2.27. The number of aliphatic imine (C=N–C) groups is 1. The SMILES string of the molecule is COc1cc(C2C(c3ccccn3)N=C3SC(C)CN32)cc([N+](=O)[O-])c1O. The maximum Gasteiger partial charge on any atom is 0.315 e. The van der Waals surface area contributed by atoms with Gasteiger partial charge in [-0.25, -0.2) is 0 Å². The molecule has 1 aromatic carbocycles. The zero-order chi connectivity index (χ0) is 19.1. The van der Waals surface area contributed by atoms with Crippen LogP contribution < -0.4 is 4.74 Å². The molecule has 1 saturated heterocycles. The highest BCUT2D eigenvalue weighted by atomic mass is 32.2. The lowest BCUT2D eigenvalue weighted by atomic mass is 9.95. The van der Waals surface area contributed by atoms with Gasteiger partial charge in [0.15, 0.2) is 10.9 Å². The summed E-state index contributed by atoms with van der Waals surface area (Å²) in [4.78, 5) is 22.3. The van der Waals surface area contributed by atoms with E-state index in [0.717, 1.165) is 17.4 Å². The van der Waals surface area contributed by atoms with Gasteiger partial charge in [0, 0.05) is 24.1 Å². The molecule has 4 rings (SSSR count). The number of thioether (sulfide) groups is 1. The highest BCUT2D eigenvalue weighted by molar-refractivity contribution is 8.14. The van der Waals surface area contributed by atoms with E-state index in [1.165, 1.54) is 13.2 Å². The van der Waals surface area contributed by atoms with Gasteiger partial charge >= 0.3 is 5.69 Å². The minimum absolute atomic E-state index is 0.0762. The van der Waals surface area contributed by atoms with Gasteiger partial charge in [-0.15, -0.1) is 0 Å². The Balaban J connectivity index is 1.85. The summed E-state index contributed by atoms with van der Waals surface area (Å²) in [5, 5.41) is 22.8. The van der Waals surface area contributed by atoms with Gasteiger partial charge in [0.1, 0.15) is 6.04 Å². The number of pyridine rings is 1. The molecule has 140 valence electrons. The number of aromatic hydroxyl groups is 1. The fourth-order valence-corrected chi connectivity index (χ4v) is 4.65. The summed E-state index contributed by atoms with van der Waals surface area (Å²) >= 11 is 1.69. The van der Waals surface area contributed by atoms with Crippen molar-refractivity contribution in [2.75, 3.05) is 13.7 Å². The largest absolute Gasteiger partial charge is 0.500 e. The quantitative estimate of drug-likeness (QED) is 0.635. The Morgan fingerprint density at radius 3 is 2.89 bits per heavy atom. The second-order valence-electron chi connectivity index (χ2n) is 6.48. The molecule has 9 heteroatoms. The van der Waals surface area contributed by atoms with Crippen LogP contribution in [0, 0.1) is 10.1 Å². The van der Waals surface area contributed by atoms with Gasteiger partial charge in [-0.2, -0.15) is 0 Å². The van der Waals surface area contributed by atoms with Crippen LogP contribution >= 0.6 is 11.8 Å². The van der Waals surface area contributed by atoms with E-state index >= 15 is 0 Å². The van der Waals surface area contributed by atoms with E-state index in [1.54, 1.807) is 24.0 Å². The first-order chi connectivity index (χ1) is 13.0. The number of methoxy groups -OCH3 is 1. The lowest BCUT2D eigenvalue weighted by molar-refractivity contribution is -0.386. The summed E-state index contributed by atoms with van der Waals surface area (Å²) in [5.74, 6) is -0.392. The van der Waals surface area contributed by atoms with Crippen molar-refractivity contribution in [2.24, 2.45) is 4.99 Å². The van der Waals surface area contributed by atoms with Gasteiger partial charge in [-0.3, -0.25) is 20.1 Å². The summed E-state index contributed by atoms with van der Waals surface area (Å²) in [6.07, 6.45) is 1.71. The Bertz CT molecular complexity index is 921. The van der Waals surface area contributed by atoms with E-state index in [-0.39, 0.29) is 23.5 Å². The number of phenolic OH excluding ortho intramolecular Hbond substituents is 1. The Kier molecular flexibility index (Phi) is 4.39. The van der Waals surface area contributed by atoms with Crippen LogP contribution in [0.25, 0.3) is 0 Å². The molecule has 0 aliphatic carbocycles. The zero-order valence-corrected chi connectivity index (χ0v) is 15.6. The minimum atomic E-state index is -0.602. The predicted octanol–water partition coefficient (Wildman–Crippen LogP) is 3.29. The molecule has 0 spiro atoms. The predicted molar refractivity (Wildman–Crippen MR) is 102 cm³/mol. The maximum atomic E-state index is 11.4. The molecule has 1 aromatic heterocycles. The lowest BCUT2D eigenvalue weighted by Crippen LogP contribution is -2.28. The van der Waals surface area contributed by atoms with E-state index in [0.29, 0.717) is 10.8 Å². The Morgan fingerprint density at radius 1 is 1.41 bits per heavy atom. The number of nitro groups is 1. The topological polar surface area (TPSA) is 101 Å². The van der Waals surface area contributed by atoms with Crippen molar-refractivity contribution in [2.45, 2.75) is 24.3 Å². The fraction of sp³-hybridized carbons (Fsp3) is 0.333. The molecule has 8 nitrogen and oxygen atoms in total. The standard InChI is InChI=1S/C18H18N4O4S/c1-10-9-21-16(11-7-13(22(24)25)17(23)14(8-11)26-2)15(20-18(21)27-10)12-5-3-4-6-19-12/h3-8,10,15-16,23H,9H2,1-2H3. The van der Waals surface area contributed by atoms with Gasteiger partial charge in [0.25, 0.3) is 0 Å². The monoisotopic (exact) mass is 386 g/mol. The molecule has 3 atom stereocenters. The summed E-state index contributed by atoms with van der Waals surface area (Å²) in [5.41, 5.74) is 1.09. The van der Waals surface area contributed by atoms with Crippen LogP contribution in [0.15, 0.2) is 41.5 Å². The third-order valence-corrected chi connectivity index (χ3v) is 5.82. The molecule has 2 aromatic rings. The second-order valence-corrected chi connectivity index (χ2v) is 7.89. The van der Waals surface area contributed by atoms with Gasteiger partial charge < -0.3 is 14.7 Å². The van der Waals surface area contributed by atoms with Crippen molar-refractivity contribution in [3.63, 3.8) is 0 Å². The number of aromatic nitrogens is 1. The Labute approximate surface area is 160 Å². The van der Waals surface area contributed by atoms with E-state index < -0.39 is 10.7 Å². The summed E-state index contributed by atoms with van der Waals surface area (Å²) < 4.78 is 5.18. The Hall–Kier alpha value is -2.81. The van der Waals surface area contributed by atoms with Gasteiger partial charge in [-0.05, 0) is 23.8 Å². The van der Waals surface area contributed by atoms with Crippen molar-refractivity contribution in [1.82, 2.24) is 9.88 Å². The molecule has 1 N–H and O–H groups in total. The number of rotatable bonds is 4. The molecular weight excluding hydrogens is 368 g/mol. The van der Waals surface area contributed by atoms with Crippen LogP contribution in [0.1, 0.15) is 30.3 Å². The molecule has 0 bridgehead atoms. The molecule has 3 heterocycles. The van der Waals surface area contributed by atoms with Crippen molar-refractivity contribution in [1.29, 1.82) is 0 Å². The van der Waals surface area contributed by atoms with Crippen LogP contribution in [-0.2, 0) is 0 Å². The third kappa shape index (κ3) is 2.97. The van der Waals surface area contributed by atoms with Crippen LogP contribution in [0.3, 0.4) is 0 Å². The number of nitro benzene ring substituents is 1. The Morgan fingerprint density at radius 2 is 2.22 bits per heavy atom. The molecule has 27 heavy (non-hydrogen) atoms. The first-order valence-corrected chi connectivity index (χ1v) is 9.35. The first-order valence-electron chi connectivity index (χ1n) is 8.47. The van der Waals surface area contributed by atoms with E-state index in [9.17, 15) is 15.2 Å². The number of hydrogen-bond acceptors (Lipinski definition) is 8. The molecule has 1 fully saturated rings. The highest BCUT2D eigenvalue weighted by Crippen LogP contribution is 2.50. The summed E-state index contributed by atoms with van der Waals surface area (Å²) in [7, 11) is 1.38. The molecule has 0 saturated carbocycles. The number of fused-ring (bicyclic) bond motifs is 1. The fourth-order valence-electron chi connectivity index (χ4n) is 3.56. The van der Waals surface area contributed by atoms with Crippen LogP contribution in [0.5, 0.6) is 11.5 Å². The number of hydrogen-bond donors (Lipinski definition) is 1. The van der Waals surface area contributed by atoms with E-state index in [2.05, 4.69) is 16.8 Å². The smallest absolute Gasteiger partial charge is 0.315 e. The van der Waals surface area contributed by atoms with Gasteiger partial charge in [-0.1, -0.05) is 24.8 Å². The van der Waals surface area contributed by atoms with Crippen molar-refractivity contribution in [3.8, 4) is 11.5 Å². The number of amidine groups is 1.